The first-order chi connectivity index (χ1) is 11.3. The lowest BCUT2D eigenvalue weighted by molar-refractivity contribution is 0.350. The van der Waals surface area contributed by atoms with Crippen molar-refractivity contribution in [2.24, 2.45) is 5.92 Å². The van der Waals surface area contributed by atoms with Crippen molar-refractivity contribution in [3.05, 3.63) is 51.5 Å². The van der Waals surface area contributed by atoms with Crippen LogP contribution in [0.2, 0.25) is 0 Å². The molecule has 2 aromatic heterocycles. The Morgan fingerprint density at radius 2 is 1.83 bits per heavy atom. The van der Waals surface area contributed by atoms with Crippen molar-refractivity contribution in [1.82, 2.24) is 20.3 Å². The highest BCUT2D eigenvalue weighted by molar-refractivity contribution is 9.10. The Morgan fingerprint density at radius 1 is 1.17 bits per heavy atom. The molecule has 126 valence electrons. The minimum absolute atomic E-state index is 0.302. The lowest BCUT2D eigenvalue weighted by Gasteiger charge is -2.31. The number of hydrogen-bond acceptors (Lipinski definition) is 4. The summed E-state index contributed by atoms with van der Waals surface area (Å²) in [6.07, 6.45) is 0. The number of nitrogens with zero attached hydrogens (tertiary/aromatic N) is 3. The van der Waals surface area contributed by atoms with Gasteiger partial charge in [0.2, 0.25) is 0 Å². The maximum absolute atomic E-state index is 5.58. The molecule has 0 spiro atoms. The largest absolute Gasteiger partial charge is 0.334 e. The highest BCUT2D eigenvalue weighted by Gasteiger charge is 2.37. The highest BCUT2D eigenvalue weighted by atomic mass is 79.9. The SMILES string of the molecule is Cc1n[nH]c(C)c1-c1nc(C(C)(c2ccc(Br)cc2)C(C)C)no1. The Balaban J connectivity index is 2.09. The molecule has 3 aromatic rings. The summed E-state index contributed by atoms with van der Waals surface area (Å²) in [4.78, 5) is 4.72. The van der Waals surface area contributed by atoms with Gasteiger partial charge >= 0.3 is 0 Å². The van der Waals surface area contributed by atoms with Gasteiger partial charge in [-0.3, -0.25) is 5.10 Å². The van der Waals surface area contributed by atoms with E-state index < -0.39 is 0 Å². The molecule has 0 bridgehead atoms. The first-order valence-electron chi connectivity index (χ1n) is 7.96. The first kappa shape index (κ1) is 16.9. The molecule has 1 atom stereocenters. The zero-order chi connectivity index (χ0) is 17.5. The third kappa shape index (κ3) is 2.69. The van der Waals surface area contributed by atoms with Gasteiger partial charge in [0.15, 0.2) is 5.82 Å². The van der Waals surface area contributed by atoms with E-state index in [-0.39, 0.29) is 5.41 Å². The summed E-state index contributed by atoms with van der Waals surface area (Å²) in [6, 6.07) is 8.30. The Morgan fingerprint density at radius 3 is 2.38 bits per heavy atom. The molecular formula is C18H21BrN4O. The maximum atomic E-state index is 5.58. The molecule has 6 heteroatoms. The van der Waals surface area contributed by atoms with Crippen LogP contribution in [-0.4, -0.2) is 20.3 Å². The Bertz CT molecular complexity index is 831. The summed E-state index contributed by atoms with van der Waals surface area (Å²) in [7, 11) is 0. The third-order valence-corrected chi connectivity index (χ3v) is 5.36. The van der Waals surface area contributed by atoms with Crippen molar-refractivity contribution in [2.45, 2.75) is 40.0 Å². The van der Waals surface area contributed by atoms with Gasteiger partial charge in [0.05, 0.1) is 16.7 Å². The number of aromatic nitrogens is 4. The van der Waals surface area contributed by atoms with Gasteiger partial charge in [-0.15, -0.1) is 0 Å². The van der Waals surface area contributed by atoms with Crippen LogP contribution in [0.3, 0.4) is 0 Å². The number of benzene rings is 1. The van der Waals surface area contributed by atoms with E-state index in [9.17, 15) is 0 Å². The predicted octanol–water partition coefficient (Wildman–Crippen LogP) is 4.80. The number of halogens is 1. The number of aromatic amines is 1. The molecule has 2 heterocycles. The average Bonchev–Trinajstić information content (AvgIpc) is 3.14. The topological polar surface area (TPSA) is 67.6 Å². The van der Waals surface area contributed by atoms with E-state index in [0.717, 1.165) is 27.0 Å². The molecule has 1 aromatic carbocycles. The molecule has 1 N–H and O–H groups in total. The molecule has 3 rings (SSSR count). The van der Waals surface area contributed by atoms with Crippen molar-refractivity contribution < 1.29 is 4.52 Å². The smallest absolute Gasteiger partial charge is 0.261 e. The summed E-state index contributed by atoms with van der Waals surface area (Å²) in [5.74, 6) is 1.50. The molecule has 5 nitrogen and oxygen atoms in total. The van der Waals surface area contributed by atoms with Crippen molar-refractivity contribution >= 4 is 15.9 Å². The Labute approximate surface area is 150 Å². The monoisotopic (exact) mass is 388 g/mol. The van der Waals surface area contributed by atoms with E-state index in [1.807, 2.05) is 26.0 Å². The summed E-state index contributed by atoms with van der Waals surface area (Å²) >= 11 is 3.49. The zero-order valence-corrected chi connectivity index (χ0v) is 16.1. The van der Waals surface area contributed by atoms with E-state index >= 15 is 0 Å². The van der Waals surface area contributed by atoms with Gasteiger partial charge in [0, 0.05) is 10.2 Å². The second-order valence-electron chi connectivity index (χ2n) is 6.60. The molecule has 24 heavy (non-hydrogen) atoms. The second kappa shape index (κ2) is 6.16. The van der Waals surface area contributed by atoms with Crippen molar-refractivity contribution in [1.29, 1.82) is 0 Å². The molecule has 0 amide bonds. The number of hydrogen-bond donors (Lipinski definition) is 1. The molecule has 0 aliphatic rings. The molecule has 0 saturated carbocycles. The molecule has 0 fully saturated rings. The fourth-order valence-electron chi connectivity index (χ4n) is 2.92. The van der Waals surface area contributed by atoms with E-state index in [0.29, 0.717) is 17.6 Å². The van der Waals surface area contributed by atoms with Gasteiger partial charge in [-0.2, -0.15) is 10.1 Å². The van der Waals surface area contributed by atoms with Gasteiger partial charge in [0.1, 0.15) is 0 Å². The van der Waals surface area contributed by atoms with Gasteiger partial charge in [-0.05, 0) is 44.4 Å². The van der Waals surface area contributed by atoms with Crippen LogP contribution in [0.4, 0.5) is 0 Å². The summed E-state index contributed by atoms with van der Waals surface area (Å²) in [6.45, 7) is 10.4. The highest BCUT2D eigenvalue weighted by Crippen LogP contribution is 2.38. The molecule has 1 unspecified atom stereocenters. The fourth-order valence-corrected chi connectivity index (χ4v) is 3.18. The van der Waals surface area contributed by atoms with Crippen LogP contribution in [0.15, 0.2) is 33.3 Å². The molecule has 0 aliphatic carbocycles. The van der Waals surface area contributed by atoms with Gasteiger partial charge in [0.25, 0.3) is 5.89 Å². The standard InChI is InChI=1S/C18H21BrN4O/c1-10(2)18(5,13-6-8-14(19)9-7-13)17-20-16(24-23-17)15-11(3)21-22-12(15)4/h6-10H,1-5H3,(H,21,22). The fraction of sp³-hybridized carbons (Fsp3) is 0.389. The van der Waals surface area contributed by atoms with Crippen molar-refractivity contribution in [3.8, 4) is 11.5 Å². The van der Waals surface area contributed by atoms with E-state index in [1.165, 1.54) is 0 Å². The van der Waals surface area contributed by atoms with Crippen LogP contribution in [0, 0.1) is 19.8 Å². The number of rotatable bonds is 4. The lowest BCUT2D eigenvalue weighted by Crippen LogP contribution is -2.31. The van der Waals surface area contributed by atoms with Crippen LogP contribution in [0.25, 0.3) is 11.5 Å². The Kier molecular flexibility index (Phi) is 4.34. The molecule has 0 radical (unpaired) electrons. The summed E-state index contributed by atoms with van der Waals surface area (Å²) in [5, 5.41) is 11.5. The maximum Gasteiger partial charge on any atom is 0.261 e. The minimum atomic E-state index is -0.339. The van der Waals surface area contributed by atoms with E-state index in [4.69, 9.17) is 9.51 Å². The van der Waals surface area contributed by atoms with Crippen LogP contribution < -0.4 is 0 Å². The summed E-state index contributed by atoms with van der Waals surface area (Å²) < 4.78 is 6.63. The quantitative estimate of drug-likeness (QED) is 0.696. The normalized spacial score (nSPS) is 14.1. The number of aryl methyl sites for hydroxylation is 2. The van der Waals surface area contributed by atoms with Crippen LogP contribution in [-0.2, 0) is 5.41 Å². The van der Waals surface area contributed by atoms with Crippen LogP contribution in [0.5, 0.6) is 0 Å². The predicted molar refractivity (Wildman–Crippen MR) is 96.8 cm³/mol. The van der Waals surface area contributed by atoms with E-state index in [2.05, 4.69) is 64.2 Å². The Hall–Kier alpha value is -1.95. The molecular weight excluding hydrogens is 368 g/mol. The number of H-pyrrole nitrogens is 1. The molecule has 0 saturated heterocycles. The minimum Gasteiger partial charge on any atom is -0.334 e. The third-order valence-electron chi connectivity index (χ3n) is 4.83. The summed E-state index contributed by atoms with van der Waals surface area (Å²) in [5.41, 5.74) is 3.49. The van der Waals surface area contributed by atoms with Gasteiger partial charge < -0.3 is 4.52 Å². The van der Waals surface area contributed by atoms with Crippen molar-refractivity contribution in [2.75, 3.05) is 0 Å². The lowest BCUT2D eigenvalue weighted by atomic mass is 9.73. The van der Waals surface area contributed by atoms with Gasteiger partial charge in [-0.25, -0.2) is 0 Å². The second-order valence-corrected chi connectivity index (χ2v) is 7.51. The first-order valence-corrected chi connectivity index (χ1v) is 8.75. The van der Waals surface area contributed by atoms with E-state index in [1.54, 1.807) is 0 Å². The van der Waals surface area contributed by atoms with Gasteiger partial charge in [-0.1, -0.05) is 47.1 Å². The number of nitrogens with one attached hydrogen (secondary N) is 1. The average molecular weight is 389 g/mol. The zero-order valence-electron chi connectivity index (χ0n) is 14.5. The van der Waals surface area contributed by atoms with Crippen molar-refractivity contribution in [3.63, 3.8) is 0 Å². The molecule has 0 aliphatic heterocycles. The van der Waals surface area contributed by atoms with Crippen LogP contribution >= 0.6 is 15.9 Å². The van der Waals surface area contributed by atoms with Crippen LogP contribution in [0.1, 0.15) is 43.5 Å².